The van der Waals surface area contributed by atoms with Crippen molar-refractivity contribution in [3.63, 3.8) is 0 Å². The molecule has 0 atom stereocenters. The summed E-state index contributed by atoms with van der Waals surface area (Å²) < 4.78 is 0. The molecule has 1 aromatic rings. The molecule has 3 N–H and O–H groups in total. The van der Waals surface area contributed by atoms with Crippen LogP contribution in [0.3, 0.4) is 0 Å². The van der Waals surface area contributed by atoms with Crippen molar-refractivity contribution in [3.8, 4) is 0 Å². The molecule has 15 heavy (non-hydrogen) atoms. The van der Waals surface area contributed by atoms with E-state index in [1.54, 1.807) is 0 Å². The van der Waals surface area contributed by atoms with Gasteiger partial charge in [0.15, 0.2) is 0 Å². The van der Waals surface area contributed by atoms with Crippen molar-refractivity contribution in [2.24, 2.45) is 5.73 Å². The van der Waals surface area contributed by atoms with Crippen LogP contribution in [0.2, 0.25) is 0 Å². The van der Waals surface area contributed by atoms with Gasteiger partial charge in [0.05, 0.1) is 5.60 Å². The molecule has 0 aliphatic rings. The van der Waals surface area contributed by atoms with Gasteiger partial charge in [-0.2, -0.15) is 0 Å². The van der Waals surface area contributed by atoms with Crippen LogP contribution < -0.4 is 5.73 Å². The van der Waals surface area contributed by atoms with Gasteiger partial charge in [0.2, 0.25) is 0 Å². The lowest BCUT2D eigenvalue weighted by molar-refractivity contribution is 0.0807. The molecule has 0 amide bonds. The van der Waals surface area contributed by atoms with Crippen molar-refractivity contribution >= 4 is 0 Å². The van der Waals surface area contributed by atoms with E-state index in [1.807, 2.05) is 26.0 Å². The summed E-state index contributed by atoms with van der Waals surface area (Å²) in [6.07, 6.45) is 2.71. The minimum Gasteiger partial charge on any atom is -0.390 e. The molecule has 1 aromatic carbocycles. The molecule has 0 radical (unpaired) electrons. The second-order valence-corrected chi connectivity index (χ2v) is 4.65. The lowest BCUT2D eigenvalue weighted by atomic mass is 9.93. The topological polar surface area (TPSA) is 46.2 Å². The highest BCUT2D eigenvalue weighted by Gasteiger charge is 2.15. The SMILES string of the molecule is CC(C)(O)Cc1ccccc1CCCN. The van der Waals surface area contributed by atoms with E-state index in [1.165, 1.54) is 11.1 Å². The molecule has 1 rings (SSSR count). The number of hydrogen-bond donors (Lipinski definition) is 2. The third kappa shape index (κ3) is 4.45. The first-order valence-electron chi connectivity index (χ1n) is 5.52. The first-order chi connectivity index (χ1) is 7.03. The van der Waals surface area contributed by atoms with E-state index in [4.69, 9.17) is 5.73 Å². The van der Waals surface area contributed by atoms with Crippen LogP contribution in [0.15, 0.2) is 24.3 Å². The summed E-state index contributed by atoms with van der Waals surface area (Å²) in [5.74, 6) is 0. The van der Waals surface area contributed by atoms with Crippen LogP contribution in [0.5, 0.6) is 0 Å². The smallest absolute Gasteiger partial charge is 0.0632 e. The van der Waals surface area contributed by atoms with Crippen LogP contribution >= 0.6 is 0 Å². The first kappa shape index (κ1) is 12.2. The molecule has 0 aliphatic carbocycles. The molecule has 0 unspecified atom stereocenters. The summed E-state index contributed by atoms with van der Waals surface area (Å²) in [5.41, 5.74) is 7.41. The highest BCUT2D eigenvalue weighted by molar-refractivity contribution is 5.28. The molecule has 0 fully saturated rings. The van der Waals surface area contributed by atoms with E-state index in [0.29, 0.717) is 6.42 Å². The average molecular weight is 207 g/mol. The van der Waals surface area contributed by atoms with Crippen LogP contribution in [-0.4, -0.2) is 17.3 Å². The van der Waals surface area contributed by atoms with E-state index >= 15 is 0 Å². The van der Waals surface area contributed by atoms with Crippen molar-refractivity contribution in [2.45, 2.75) is 38.7 Å². The van der Waals surface area contributed by atoms with Crippen molar-refractivity contribution in [2.75, 3.05) is 6.54 Å². The summed E-state index contributed by atoms with van der Waals surface area (Å²) >= 11 is 0. The van der Waals surface area contributed by atoms with Crippen molar-refractivity contribution in [1.82, 2.24) is 0 Å². The molecular formula is C13H21NO. The number of hydrogen-bond acceptors (Lipinski definition) is 2. The number of benzene rings is 1. The van der Waals surface area contributed by atoms with Crippen molar-refractivity contribution < 1.29 is 5.11 Å². The molecular weight excluding hydrogens is 186 g/mol. The standard InChI is InChI=1S/C13H21NO/c1-13(2,15)10-12-7-4-3-6-11(12)8-5-9-14/h3-4,6-7,15H,5,8-10,14H2,1-2H3. The highest BCUT2D eigenvalue weighted by Crippen LogP contribution is 2.17. The Morgan fingerprint density at radius 1 is 1.20 bits per heavy atom. The molecule has 0 saturated heterocycles. The van der Waals surface area contributed by atoms with E-state index in [0.717, 1.165) is 19.4 Å². The van der Waals surface area contributed by atoms with Gasteiger partial charge in [-0.05, 0) is 44.4 Å². The van der Waals surface area contributed by atoms with Gasteiger partial charge >= 0.3 is 0 Å². The summed E-state index contributed by atoms with van der Waals surface area (Å²) in [7, 11) is 0. The Bertz CT molecular complexity index is 302. The number of nitrogens with two attached hydrogens (primary N) is 1. The van der Waals surface area contributed by atoms with Gasteiger partial charge in [0, 0.05) is 6.42 Å². The zero-order valence-corrected chi connectivity index (χ0v) is 9.66. The van der Waals surface area contributed by atoms with Crippen LogP contribution in [0.1, 0.15) is 31.4 Å². The number of aliphatic hydroxyl groups is 1. The predicted octanol–water partition coefficient (Wildman–Crippen LogP) is 1.89. The second-order valence-electron chi connectivity index (χ2n) is 4.65. The molecule has 0 bridgehead atoms. The summed E-state index contributed by atoms with van der Waals surface area (Å²) in [4.78, 5) is 0. The summed E-state index contributed by atoms with van der Waals surface area (Å²) in [6, 6.07) is 8.27. The zero-order valence-electron chi connectivity index (χ0n) is 9.66. The third-order valence-electron chi connectivity index (χ3n) is 2.39. The van der Waals surface area contributed by atoms with E-state index in [-0.39, 0.29) is 0 Å². The normalized spacial score (nSPS) is 11.7. The zero-order chi connectivity index (χ0) is 11.3. The fourth-order valence-corrected chi connectivity index (χ4v) is 1.73. The van der Waals surface area contributed by atoms with Gasteiger partial charge in [0.1, 0.15) is 0 Å². The Hall–Kier alpha value is -0.860. The van der Waals surface area contributed by atoms with E-state index in [2.05, 4.69) is 12.1 Å². The minimum atomic E-state index is -0.640. The molecule has 2 heteroatoms. The van der Waals surface area contributed by atoms with Crippen molar-refractivity contribution in [1.29, 1.82) is 0 Å². The van der Waals surface area contributed by atoms with E-state index < -0.39 is 5.60 Å². The first-order valence-corrected chi connectivity index (χ1v) is 5.52. The maximum atomic E-state index is 9.80. The Morgan fingerprint density at radius 2 is 1.80 bits per heavy atom. The average Bonchev–Trinajstić information content (AvgIpc) is 2.14. The van der Waals surface area contributed by atoms with Crippen LogP contribution in [0.25, 0.3) is 0 Å². The van der Waals surface area contributed by atoms with Crippen molar-refractivity contribution in [3.05, 3.63) is 35.4 Å². The second kappa shape index (κ2) is 5.29. The summed E-state index contributed by atoms with van der Waals surface area (Å²) in [5, 5.41) is 9.80. The maximum absolute atomic E-state index is 9.80. The fourth-order valence-electron chi connectivity index (χ4n) is 1.73. The molecule has 0 aromatic heterocycles. The quantitative estimate of drug-likeness (QED) is 0.774. The molecule has 2 nitrogen and oxygen atoms in total. The Balaban J connectivity index is 2.77. The summed E-state index contributed by atoms with van der Waals surface area (Å²) in [6.45, 7) is 4.40. The van der Waals surface area contributed by atoms with Gasteiger partial charge in [-0.3, -0.25) is 0 Å². The fraction of sp³-hybridized carbons (Fsp3) is 0.538. The Morgan fingerprint density at radius 3 is 2.33 bits per heavy atom. The van der Waals surface area contributed by atoms with Gasteiger partial charge < -0.3 is 10.8 Å². The molecule has 0 spiro atoms. The van der Waals surface area contributed by atoms with Gasteiger partial charge in [-0.25, -0.2) is 0 Å². The minimum absolute atomic E-state index is 0.640. The monoisotopic (exact) mass is 207 g/mol. The molecule has 0 heterocycles. The Kier molecular flexibility index (Phi) is 4.30. The van der Waals surface area contributed by atoms with Crippen LogP contribution in [0, 0.1) is 0 Å². The molecule has 0 saturated carbocycles. The largest absolute Gasteiger partial charge is 0.390 e. The van der Waals surface area contributed by atoms with Gasteiger partial charge in [-0.15, -0.1) is 0 Å². The lowest BCUT2D eigenvalue weighted by Gasteiger charge is -2.19. The highest BCUT2D eigenvalue weighted by atomic mass is 16.3. The van der Waals surface area contributed by atoms with Gasteiger partial charge in [0.25, 0.3) is 0 Å². The van der Waals surface area contributed by atoms with Crippen LogP contribution in [0.4, 0.5) is 0 Å². The van der Waals surface area contributed by atoms with E-state index in [9.17, 15) is 5.11 Å². The predicted molar refractivity (Wildman–Crippen MR) is 63.8 cm³/mol. The van der Waals surface area contributed by atoms with Crippen LogP contribution in [-0.2, 0) is 12.8 Å². The Labute approximate surface area is 92.1 Å². The third-order valence-corrected chi connectivity index (χ3v) is 2.39. The number of rotatable bonds is 5. The molecule has 0 aliphatic heterocycles. The maximum Gasteiger partial charge on any atom is 0.0632 e. The van der Waals surface area contributed by atoms with Gasteiger partial charge in [-0.1, -0.05) is 24.3 Å². The molecule has 84 valence electrons. The lowest BCUT2D eigenvalue weighted by Crippen LogP contribution is -2.22. The number of aryl methyl sites for hydroxylation is 1.